The van der Waals surface area contributed by atoms with Crippen LogP contribution in [0.4, 0.5) is 11.4 Å². The van der Waals surface area contributed by atoms with Gasteiger partial charge in [0.05, 0.1) is 28.5 Å². The van der Waals surface area contributed by atoms with Gasteiger partial charge >= 0.3 is 0 Å². The molecule has 3 aliphatic rings. The summed E-state index contributed by atoms with van der Waals surface area (Å²) in [5.74, 6) is -3.92. The van der Waals surface area contributed by atoms with E-state index in [1.807, 2.05) is 0 Å². The number of halogens is 1. The average molecular weight is 568 g/mol. The highest BCUT2D eigenvalue weighted by molar-refractivity contribution is 6.30. The van der Waals surface area contributed by atoms with Crippen LogP contribution < -0.4 is 4.90 Å². The Hall–Kier alpha value is -4.89. The summed E-state index contributed by atoms with van der Waals surface area (Å²) in [6.07, 6.45) is 4.82. The predicted octanol–water partition coefficient (Wildman–Crippen LogP) is 4.93. The molecule has 0 aliphatic carbocycles. The van der Waals surface area contributed by atoms with Crippen molar-refractivity contribution >= 4 is 46.4 Å². The van der Waals surface area contributed by atoms with Crippen molar-refractivity contribution < 1.29 is 24.1 Å². The van der Waals surface area contributed by atoms with Crippen LogP contribution in [0.1, 0.15) is 26.3 Å². The van der Waals surface area contributed by atoms with Gasteiger partial charge in [0.25, 0.3) is 5.69 Å². The highest BCUT2D eigenvalue weighted by atomic mass is 35.5. The fourth-order valence-electron chi connectivity index (χ4n) is 5.93. The fraction of sp³-hybridized carbons (Fsp3) is 0.161. The molecule has 0 spiro atoms. The van der Waals surface area contributed by atoms with Gasteiger partial charge in [-0.2, -0.15) is 0 Å². The Balaban J connectivity index is 1.45. The van der Waals surface area contributed by atoms with Crippen molar-refractivity contribution in [1.82, 2.24) is 4.90 Å². The first-order chi connectivity index (χ1) is 19.7. The number of aryl methyl sites for hydroxylation is 1. The van der Waals surface area contributed by atoms with E-state index in [2.05, 4.69) is 0 Å². The van der Waals surface area contributed by atoms with Crippen molar-refractivity contribution in [2.75, 3.05) is 4.90 Å². The number of imide groups is 1. The molecule has 0 N–H and O–H groups in total. The minimum atomic E-state index is -1.08. The van der Waals surface area contributed by atoms with E-state index in [9.17, 15) is 29.3 Å². The summed E-state index contributed by atoms with van der Waals surface area (Å²) in [6.45, 7) is 1.65. The summed E-state index contributed by atoms with van der Waals surface area (Å²) in [5, 5.41) is 11.9. The lowest BCUT2D eigenvalue weighted by Gasteiger charge is -2.33. The summed E-state index contributed by atoms with van der Waals surface area (Å²) in [5.41, 5.74) is 1.43. The van der Waals surface area contributed by atoms with Gasteiger partial charge < -0.3 is 4.90 Å². The molecule has 4 atom stereocenters. The number of nitro benzene ring substituents is 1. The van der Waals surface area contributed by atoms with Gasteiger partial charge in [-0.15, -0.1) is 0 Å². The Kier molecular flexibility index (Phi) is 6.38. The van der Waals surface area contributed by atoms with E-state index in [4.69, 9.17) is 11.6 Å². The van der Waals surface area contributed by atoms with Crippen LogP contribution in [0.3, 0.4) is 0 Å². The zero-order valence-electron chi connectivity index (χ0n) is 21.6. The number of ketones is 2. The van der Waals surface area contributed by atoms with E-state index in [0.29, 0.717) is 27.3 Å². The number of hydrogen-bond acceptors (Lipinski definition) is 7. The molecule has 0 unspecified atom stereocenters. The number of non-ortho nitro benzene ring substituents is 1. The average Bonchev–Trinajstić information content (AvgIpc) is 3.44. The molecule has 3 heterocycles. The van der Waals surface area contributed by atoms with Crippen LogP contribution >= 0.6 is 11.6 Å². The van der Waals surface area contributed by atoms with E-state index in [-0.39, 0.29) is 22.9 Å². The molecule has 9 nitrogen and oxygen atoms in total. The lowest BCUT2D eigenvalue weighted by atomic mass is 9.85. The van der Waals surface area contributed by atoms with Crippen LogP contribution in [-0.2, 0) is 9.59 Å². The van der Waals surface area contributed by atoms with Gasteiger partial charge in [-0.1, -0.05) is 54.1 Å². The molecule has 204 valence electrons. The molecule has 0 radical (unpaired) electrons. The number of hydrogen-bond donors (Lipinski definition) is 0. The summed E-state index contributed by atoms with van der Waals surface area (Å²) in [6, 6.07) is 17.1. The van der Waals surface area contributed by atoms with E-state index in [0.717, 1.165) is 4.90 Å². The number of allylic oxidation sites excluding steroid dienone is 2. The van der Waals surface area contributed by atoms with Crippen LogP contribution in [0.5, 0.6) is 0 Å². The lowest BCUT2D eigenvalue weighted by molar-refractivity contribution is -0.384. The topological polar surface area (TPSA) is 118 Å². The molecule has 3 aromatic rings. The van der Waals surface area contributed by atoms with Gasteiger partial charge in [0.2, 0.25) is 11.8 Å². The number of nitrogens with zero attached hydrogens (tertiary/aromatic N) is 3. The standard InChI is InChI=1S/C31H22ClN3O6/c1-17-7-12-22(35(40)41)16-23(17)34-30(38)25-24-15-20(28(36)18-5-3-2-4-6-18)13-14-33(24)27(26(25)31(34)39)29(37)19-8-10-21(32)11-9-19/h2-16,24-27H,1H3/t24-,25-,26-,27-/m0/s1. The smallest absolute Gasteiger partial charge is 0.271 e. The summed E-state index contributed by atoms with van der Waals surface area (Å²) >= 11 is 6.03. The Morgan fingerprint density at radius 3 is 2.27 bits per heavy atom. The summed E-state index contributed by atoms with van der Waals surface area (Å²) < 4.78 is 0. The quantitative estimate of drug-likeness (QED) is 0.179. The first-order valence-electron chi connectivity index (χ1n) is 12.9. The molecule has 2 saturated heterocycles. The minimum Gasteiger partial charge on any atom is -0.359 e. The van der Waals surface area contributed by atoms with Crippen molar-refractivity contribution in [2.45, 2.75) is 19.0 Å². The number of anilines is 1. The van der Waals surface area contributed by atoms with Crippen molar-refractivity contribution in [3.05, 3.63) is 129 Å². The summed E-state index contributed by atoms with van der Waals surface area (Å²) in [7, 11) is 0. The molecule has 0 saturated carbocycles. The van der Waals surface area contributed by atoms with Gasteiger partial charge in [0.1, 0.15) is 6.04 Å². The fourth-order valence-corrected chi connectivity index (χ4v) is 6.05. The Labute approximate surface area is 239 Å². The number of amides is 2. The van der Waals surface area contributed by atoms with Gasteiger partial charge in [-0.05, 0) is 42.8 Å². The summed E-state index contributed by atoms with van der Waals surface area (Å²) in [4.78, 5) is 68.8. The van der Waals surface area contributed by atoms with Crippen molar-refractivity contribution in [3.63, 3.8) is 0 Å². The van der Waals surface area contributed by atoms with Crippen LogP contribution in [0.25, 0.3) is 0 Å². The monoisotopic (exact) mass is 567 g/mol. The maximum absolute atomic E-state index is 14.0. The molecule has 2 fully saturated rings. The first-order valence-corrected chi connectivity index (χ1v) is 13.2. The zero-order valence-corrected chi connectivity index (χ0v) is 22.4. The highest BCUT2D eigenvalue weighted by Gasteiger charge is 2.63. The maximum atomic E-state index is 14.0. The third-order valence-corrected chi connectivity index (χ3v) is 8.14. The first kappa shape index (κ1) is 26.3. The van der Waals surface area contributed by atoms with E-state index in [1.54, 1.807) is 84.8 Å². The Morgan fingerprint density at radius 2 is 1.59 bits per heavy atom. The zero-order chi connectivity index (χ0) is 29.0. The largest absolute Gasteiger partial charge is 0.359 e. The van der Waals surface area contributed by atoms with E-state index < -0.39 is 40.7 Å². The SMILES string of the molecule is Cc1ccc([N+](=O)[O-])cc1N1C(=O)[C@@H]2[C@H](C1=O)[C@@H](C(=O)c1ccc(Cl)cc1)N1C=CC(C(=O)c3ccccc3)=C[C@@H]21. The molecular weight excluding hydrogens is 546 g/mol. The number of nitro groups is 1. The van der Waals surface area contributed by atoms with Gasteiger partial charge in [0.15, 0.2) is 11.6 Å². The highest BCUT2D eigenvalue weighted by Crippen LogP contribution is 2.48. The second kappa shape index (κ2) is 9.94. The Bertz CT molecular complexity index is 1700. The maximum Gasteiger partial charge on any atom is 0.271 e. The molecule has 0 bridgehead atoms. The van der Waals surface area contributed by atoms with Gasteiger partial charge in [0, 0.05) is 40.1 Å². The van der Waals surface area contributed by atoms with Gasteiger partial charge in [-0.25, -0.2) is 4.90 Å². The lowest BCUT2D eigenvalue weighted by Crippen LogP contribution is -2.46. The van der Waals surface area contributed by atoms with E-state index >= 15 is 0 Å². The van der Waals surface area contributed by atoms with Crippen molar-refractivity contribution in [1.29, 1.82) is 0 Å². The number of benzene rings is 3. The predicted molar refractivity (Wildman–Crippen MR) is 150 cm³/mol. The van der Waals surface area contributed by atoms with Crippen molar-refractivity contribution in [2.24, 2.45) is 11.8 Å². The number of carbonyl (C=O) groups excluding carboxylic acids is 4. The van der Waals surface area contributed by atoms with Crippen molar-refractivity contribution in [3.8, 4) is 0 Å². The van der Waals surface area contributed by atoms with Crippen LogP contribution in [0.15, 0.2) is 96.7 Å². The minimum absolute atomic E-state index is 0.101. The third kappa shape index (κ3) is 4.25. The molecule has 3 aromatic carbocycles. The Morgan fingerprint density at radius 1 is 0.902 bits per heavy atom. The molecular formula is C31H22ClN3O6. The molecule has 2 amide bonds. The van der Waals surface area contributed by atoms with Crippen LogP contribution in [0, 0.1) is 28.9 Å². The molecule has 3 aliphatic heterocycles. The number of carbonyl (C=O) groups is 4. The number of rotatable bonds is 6. The molecule has 10 heteroatoms. The van der Waals surface area contributed by atoms with E-state index in [1.165, 1.54) is 18.2 Å². The number of Topliss-reactive ketones (excluding diaryl/α,β-unsaturated/α-hetero) is 2. The molecule has 0 aromatic heterocycles. The number of fused-ring (bicyclic) bond motifs is 3. The van der Waals surface area contributed by atoms with Crippen LogP contribution in [0.2, 0.25) is 5.02 Å². The van der Waals surface area contributed by atoms with Gasteiger partial charge in [-0.3, -0.25) is 29.3 Å². The second-order valence-electron chi connectivity index (χ2n) is 10.2. The third-order valence-electron chi connectivity index (χ3n) is 7.89. The normalized spacial score (nSPS) is 22.8. The second-order valence-corrected chi connectivity index (χ2v) is 10.6. The van der Waals surface area contributed by atoms with Crippen LogP contribution in [-0.4, -0.2) is 45.3 Å². The molecule has 6 rings (SSSR count). The molecule has 41 heavy (non-hydrogen) atoms.